The average Bonchev–Trinajstić information content (AvgIpc) is 3.18. The first kappa shape index (κ1) is 27.5. The Balaban J connectivity index is 1.92. The number of hydrogen-bond acceptors (Lipinski definition) is 5. The highest BCUT2D eigenvalue weighted by Gasteiger charge is 2.32. The number of aromatic carboxylic acids is 1. The fraction of sp³-hybridized carbons (Fsp3) is 0.462. The van der Waals surface area contributed by atoms with Crippen molar-refractivity contribution in [1.29, 1.82) is 0 Å². The Morgan fingerprint density at radius 1 is 1.30 bits per heavy atom. The van der Waals surface area contributed by atoms with Crippen molar-refractivity contribution < 1.29 is 23.4 Å². The van der Waals surface area contributed by atoms with Gasteiger partial charge in [-0.05, 0) is 56.7 Å². The highest BCUT2D eigenvalue weighted by molar-refractivity contribution is 6.76. The third-order valence-corrected chi connectivity index (χ3v) is 8.54. The minimum atomic E-state index is -1.39. The molecule has 200 valence electrons. The van der Waals surface area contributed by atoms with E-state index in [9.17, 15) is 14.3 Å². The van der Waals surface area contributed by atoms with E-state index in [1.54, 1.807) is 16.7 Å². The predicted octanol–water partition coefficient (Wildman–Crippen LogP) is 6.21. The lowest BCUT2D eigenvalue weighted by Crippen LogP contribution is -2.45. The van der Waals surface area contributed by atoms with Crippen LogP contribution in [0.3, 0.4) is 0 Å². The van der Waals surface area contributed by atoms with E-state index in [1.165, 1.54) is 0 Å². The molecule has 0 unspecified atom stereocenters. The average molecular weight is 551 g/mol. The number of imidazole rings is 1. The molecule has 1 atom stereocenters. The second-order valence-corrected chi connectivity index (χ2v) is 16.9. The van der Waals surface area contributed by atoms with Crippen LogP contribution in [0.2, 0.25) is 30.7 Å². The number of ether oxygens (including phenoxy) is 1. The lowest BCUT2D eigenvalue weighted by atomic mass is 10.0. The van der Waals surface area contributed by atoms with Crippen molar-refractivity contribution in [3.8, 4) is 0 Å². The number of halogens is 3. The van der Waals surface area contributed by atoms with Crippen LogP contribution in [0.25, 0.3) is 11.0 Å². The Kier molecular flexibility index (Phi) is 8.22. The van der Waals surface area contributed by atoms with E-state index < -0.39 is 25.7 Å². The van der Waals surface area contributed by atoms with E-state index in [-0.39, 0.29) is 35.3 Å². The molecule has 1 aliphatic heterocycles. The first-order valence-electron chi connectivity index (χ1n) is 12.4. The van der Waals surface area contributed by atoms with Crippen LogP contribution < -0.4 is 4.90 Å². The molecule has 0 aliphatic carbocycles. The number of carboxylic acid groups (broad SMARTS) is 1. The summed E-state index contributed by atoms with van der Waals surface area (Å²) in [5.41, 5.74) is 0.0143. The topological polar surface area (TPSA) is 70.8 Å². The molecule has 37 heavy (non-hydrogen) atoms. The summed E-state index contributed by atoms with van der Waals surface area (Å²) in [5.74, 6) is -3.52. The first-order valence-corrected chi connectivity index (χ1v) is 16.5. The van der Waals surface area contributed by atoms with Gasteiger partial charge >= 0.3 is 5.97 Å². The molecule has 0 radical (unpaired) electrons. The molecule has 0 spiro atoms. The van der Waals surface area contributed by atoms with Gasteiger partial charge in [0.15, 0.2) is 11.6 Å². The van der Waals surface area contributed by atoms with Crippen molar-refractivity contribution in [2.75, 3.05) is 31.6 Å². The normalized spacial score (nSPS) is 16.9. The highest BCUT2D eigenvalue weighted by atomic mass is 35.5. The summed E-state index contributed by atoms with van der Waals surface area (Å²) in [6.07, 6.45) is 1.77. The monoisotopic (exact) mass is 550 g/mol. The number of carboxylic acids is 1. The minimum absolute atomic E-state index is 0.00871. The van der Waals surface area contributed by atoms with E-state index in [1.807, 2.05) is 24.1 Å². The van der Waals surface area contributed by atoms with E-state index >= 15 is 4.39 Å². The molecule has 7 nitrogen and oxygen atoms in total. The summed E-state index contributed by atoms with van der Waals surface area (Å²) < 4.78 is 37.1. The van der Waals surface area contributed by atoms with Crippen LogP contribution in [-0.4, -0.2) is 66.4 Å². The first-order chi connectivity index (χ1) is 17.5. The molecule has 0 amide bonds. The number of likely N-dealkylation sites (tertiary alicyclic amines) is 1. The molecule has 1 fully saturated rings. The van der Waals surface area contributed by atoms with Gasteiger partial charge in [-0.2, -0.15) is 0 Å². The zero-order valence-corrected chi connectivity index (χ0v) is 23.4. The third kappa shape index (κ3) is 6.14. The molecule has 1 N–H and O–H groups in total. The maximum Gasteiger partial charge on any atom is 0.338 e. The summed E-state index contributed by atoms with van der Waals surface area (Å²) in [5, 5.41) is 10.4. The van der Waals surface area contributed by atoms with Crippen LogP contribution in [0.4, 0.5) is 20.4 Å². The van der Waals surface area contributed by atoms with Crippen molar-refractivity contribution in [3.63, 3.8) is 0 Å². The number of nitrogens with zero attached hydrogens (tertiary/aromatic N) is 4. The number of benzene rings is 2. The molecule has 1 aromatic heterocycles. The number of aromatic nitrogens is 2. The fourth-order valence-electron chi connectivity index (χ4n) is 4.71. The maximum absolute atomic E-state index is 15.1. The Hall–Kier alpha value is -2.53. The molecule has 2 heterocycles. The van der Waals surface area contributed by atoms with Crippen LogP contribution in [0.15, 0.2) is 30.3 Å². The molecule has 2 aromatic carbocycles. The minimum Gasteiger partial charge on any atom is -0.478 e. The second kappa shape index (κ2) is 11.1. The lowest BCUT2D eigenvalue weighted by Gasteiger charge is -2.38. The van der Waals surface area contributed by atoms with Gasteiger partial charge in [-0.3, -0.25) is 4.57 Å². The van der Waals surface area contributed by atoms with Gasteiger partial charge in [0.05, 0.1) is 11.1 Å². The van der Waals surface area contributed by atoms with Gasteiger partial charge in [-0.25, -0.2) is 18.6 Å². The summed E-state index contributed by atoms with van der Waals surface area (Å²) in [7, 11) is 0.639. The fourth-order valence-corrected chi connectivity index (χ4v) is 5.65. The Labute approximate surface area is 221 Å². The molecule has 0 bridgehead atoms. The summed E-state index contributed by atoms with van der Waals surface area (Å²) in [6.45, 7) is 8.75. The predicted molar refractivity (Wildman–Crippen MR) is 145 cm³/mol. The quantitative estimate of drug-likeness (QED) is 0.252. The molecular formula is C26H33ClF2N4O3Si. The lowest BCUT2D eigenvalue weighted by molar-refractivity contribution is 0.0695. The van der Waals surface area contributed by atoms with E-state index in [0.717, 1.165) is 31.1 Å². The largest absolute Gasteiger partial charge is 0.478 e. The SMILES string of the molecule is CN1CCC[C@H](N(c2cccc(Cl)c2)c2nc3c(F)c(F)cc(C(=O)O)c3n2COCC[Si](C)(C)C)C1. The van der Waals surface area contributed by atoms with E-state index in [2.05, 4.69) is 29.5 Å². The summed E-state index contributed by atoms with van der Waals surface area (Å²) in [4.78, 5) is 20.8. The van der Waals surface area contributed by atoms with E-state index in [0.29, 0.717) is 24.2 Å². The molecule has 0 saturated carbocycles. The molecule has 4 rings (SSSR count). The van der Waals surface area contributed by atoms with Gasteiger partial charge < -0.3 is 19.6 Å². The van der Waals surface area contributed by atoms with Crippen molar-refractivity contribution in [1.82, 2.24) is 14.5 Å². The van der Waals surface area contributed by atoms with Gasteiger partial charge in [0.1, 0.15) is 12.2 Å². The van der Waals surface area contributed by atoms with Gasteiger partial charge in [-0.15, -0.1) is 0 Å². The van der Waals surface area contributed by atoms with Crippen molar-refractivity contribution in [2.24, 2.45) is 0 Å². The second-order valence-electron chi connectivity index (χ2n) is 10.8. The molecular weight excluding hydrogens is 518 g/mol. The Morgan fingerprint density at radius 2 is 2.05 bits per heavy atom. The van der Waals surface area contributed by atoms with Crippen LogP contribution in [0.5, 0.6) is 0 Å². The van der Waals surface area contributed by atoms with Gasteiger partial charge in [0.2, 0.25) is 5.95 Å². The zero-order chi connectivity index (χ0) is 26.9. The van der Waals surface area contributed by atoms with Gasteiger partial charge in [-0.1, -0.05) is 37.3 Å². The number of fused-ring (bicyclic) bond motifs is 1. The standard InChI is InChI=1S/C26H33ClF2N4O3Si/c1-31-10-6-9-19(15-31)33(18-8-5-7-17(27)13-18)26-30-23-22(29)21(28)14-20(25(34)35)24(23)32(26)16-36-11-12-37(2,3)4/h5,7-8,13-14,19H,6,9-12,15-16H2,1-4H3,(H,34,35)/t19-/m0/s1. The number of anilines is 2. The van der Waals surface area contributed by atoms with Crippen LogP contribution in [0.1, 0.15) is 23.2 Å². The zero-order valence-electron chi connectivity index (χ0n) is 21.6. The third-order valence-electron chi connectivity index (χ3n) is 6.61. The molecule has 3 aromatic rings. The number of rotatable bonds is 9. The summed E-state index contributed by atoms with van der Waals surface area (Å²) in [6, 6.07) is 8.80. The van der Waals surface area contributed by atoms with Gasteiger partial charge in [0.25, 0.3) is 0 Å². The molecule has 1 saturated heterocycles. The molecule has 1 aliphatic rings. The molecule has 11 heteroatoms. The number of piperidine rings is 1. The van der Waals surface area contributed by atoms with Crippen molar-refractivity contribution in [3.05, 3.63) is 52.6 Å². The van der Waals surface area contributed by atoms with Crippen LogP contribution in [-0.2, 0) is 11.5 Å². The van der Waals surface area contributed by atoms with Gasteiger partial charge in [0, 0.05) is 38.0 Å². The number of hydrogen-bond donors (Lipinski definition) is 1. The van der Waals surface area contributed by atoms with Crippen LogP contribution >= 0.6 is 11.6 Å². The Bertz CT molecular complexity index is 1300. The summed E-state index contributed by atoms with van der Waals surface area (Å²) >= 11 is 6.35. The smallest absolute Gasteiger partial charge is 0.338 e. The highest BCUT2D eigenvalue weighted by Crippen LogP contribution is 2.36. The van der Waals surface area contributed by atoms with Crippen molar-refractivity contribution in [2.45, 2.75) is 51.3 Å². The van der Waals surface area contributed by atoms with Crippen molar-refractivity contribution >= 4 is 48.3 Å². The van der Waals surface area contributed by atoms with E-state index in [4.69, 9.17) is 16.3 Å². The number of carbonyl (C=O) groups is 1. The maximum atomic E-state index is 15.1. The number of likely N-dealkylation sites (N-methyl/N-ethyl adjacent to an activating group) is 1. The Morgan fingerprint density at radius 3 is 2.70 bits per heavy atom. The van der Waals surface area contributed by atoms with Crippen LogP contribution in [0, 0.1) is 11.6 Å².